The van der Waals surface area contributed by atoms with Crippen LogP contribution >= 0.6 is 11.6 Å². The molecule has 0 radical (unpaired) electrons. The fourth-order valence-corrected chi connectivity index (χ4v) is 3.00. The molecule has 0 fully saturated rings. The van der Waals surface area contributed by atoms with Gasteiger partial charge in [-0.25, -0.2) is 4.79 Å². The summed E-state index contributed by atoms with van der Waals surface area (Å²) >= 11 is 5.74. The Labute approximate surface area is 180 Å². The molecule has 160 valence electrons. The van der Waals surface area contributed by atoms with Crippen molar-refractivity contribution in [2.45, 2.75) is 6.10 Å². The average molecular weight is 446 g/mol. The van der Waals surface area contributed by atoms with Gasteiger partial charge in [0.05, 0.1) is 17.2 Å². The van der Waals surface area contributed by atoms with E-state index in [9.17, 15) is 24.5 Å². The number of anilines is 1. The first-order valence-corrected chi connectivity index (χ1v) is 9.28. The molecule has 1 atom stereocenters. The number of nitro benzene ring substituents is 1. The number of carbonyl (C=O) groups is 3. The van der Waals surface area contributed by atoms with E-state index >= 15 is 0 Å². The number of rotatable bonds is 6. The van der Waals surface area contributed by atoms with Crippen molar-refractivity contribution in [3.05, 3.63) is 69.2 Å². The zero-order chi connectivity index (χ0) is 22.5. The molecule has 0 spiro atoms. The number of ether oxygens (including phenoxy) is 2. The van der Waals surface area contributed by atoms with Gasteiger partial charge in [-0.3, -0.25) is 19.7 Å². The number of hydrogen-bond donors (Lipinski definition) is 1. The number of nitrogens with zero attached hydrogens (tertiary/aromatic N) is 2. The van der Waals surface area contributed by atoms with Crippen LogP contribution in [0.25, 0.3) is 6.08 Å². The van der Waals surface area contributed by atoms with Gasteiger partial charge >= 0.3 is 5.97 Å². The van der Waals surface area contributed by atoms with Crippen LogP contribution in [0.2, 0.25) is 5.02 Å². The number of benzene rings is 2. The van der Waals surface area contributed by atoms with E-state index in [0.29, 0.717) is 17.0 Å². The van der Waals surface area contributed by atoms with Crippen LogP contribution in [-0.4, -0.2) is 42.0 Å². The van der Waals surface area contributed by atoms with Gasteiger partial charge in [-0.2, -0.15) is 0 Å². The Morgan fingerprint density at radius 1 is 1.29 bits per heavy atom. The van der Waals surface area contributed by atoms with Crippen molar-refractivity contribution in [3.8, 4) is 5.75 Å². The quantitative estimate of drug-likeness (QED) is 0.310. The molecule has 2 aromatic carbocycles. The number of nitrogens with two attached hydrogens (primary N) is 1. The predicted molar refractivity (Wildman–Crippen MR) is 111 cm³/mol. The van der Waals surface area contributed by atoms with Crippen LogP contribution in [0.5, 0.6) is 5.75 Å². The largest absolute Gasteiger partial charge is 0.477 e. The molecule has 2 amide bonds. The van der Waals surface area contributed by atoms with Gasteiger partial charge in [0.15, 0.2) is 12.7 Å². The van der Waals surface area contributed by atoms with Gasteiger partial charge in [0.2, 0.25) is 0 Å². The molecular formula is C20H16ClN3O7. The van der Waals surface area contributed by atoms with Crippen LogP contribution < -0.4 is 15.4 Å². The molecule has 31 heavy (non-hydrogen) atoms. The molecule has 0 saturated carbocycles. The van der Waals surface area contributed by atoms with Crippen molar-refractivity contribution in [1.29, 1.82) is 0 Å². The topological polar surface area (TPSA) is 142 Å². The lowest BCUT2D eigenvalue weighted by molar-refractivity contribution is -0.384. The lowest BCUT2D eigenvalue weighted by Crippen LogP contribution is -2.50. The SMILES string of the molecule is NC(=O)C1CN(C(=O)COC(=O)/C=C/c2ccc(Cl)c([N+](=O)[O-])c2)c2ccccc2O1. The van der Waals surface area contributed by atoms with Crippen molar-refractivity contribution >= 4 is 46.8 Å². The first-order valence-electron chi connectivity index (χ1n) is 8.90. The summed E-state index contributed by atoms with van der Waals surface area (Å²) in [4.78, 5) is 47.6. The molecule has 1 heterocycles. The minimum Gasteiger partial charge on any atom is -0.477 e. The summed E-state index contributed by atoms with van der Waals surface area (Å²) in [5, 5.41) is 10.9. The zero-order valence-electron chi connectivity index (χ0n) is 15.9. The van der Waals surface area contributed by atoms with Crippen LogP contribution in [0.3, 0.4) is 0 Å². The molecule has 2 N–H and O–H groups in total. The average Bonchev–Trinajstić information content (AvgIpc) is 2.75. The molecule has 0 bridgehead atoms. The lowest BCUT2D eigenvalue weighted by atomic mass is 10.2. The van der Waals surface area contributed by atoms with E-state index in [1.165, 1.54) is 29.2 Å². The van der Waals surface area contributed by atoms with E-state index in [2.05, 4.69) is 0 Å². The van der Waals surface area contributed by atoms with E-state index in [-0.39, 0.29) is 17.3 Å². The molecule has 10 nitrogen and oxygen atoms in total. The maximum atomic E-state index is 12.6. The fraction of sp³-hybridized carbons (Fsp3) is 0.150. The van der Waals surface area contributed by atoms with Gasteiger partial charge in [0, 0.05) is 12.1 Å². The Kier molecular flexibility index (Phi) is 6.51. The van der Waals surface area contributed by atoms with Crippen LogP contribution in [0.15, 0.2) is 48.5 Å². The maximum Gasteiger partial charge on any atom is 0.331 e. The molecule has 1 aliphatic rings. The highest BCUT2D eigenvalue weighted by atomic mass is 35.5. The molecule has 1 aliphatic heterocycles. The minimum atomic E-state index is -1.03. The van der Waals surface area contributed by atoms with E-state index in [1.807, 2.05) is 0 Å². The number of amides is 2. The minimum absolute atomic E-state index is 0.0321. The Morgan fingerprint density at radius 2 is 2.03 bits per heavy atom. The van der Waals surface area contributed by atoms with Crippen molar-refractivity contribution in [2.75, 3.05) is 18.1 Å². The van der Waals surface area contributed by atoms with E-state index in [1.54, 1.807) is 24.3 Å². The number of fused-ring (bicyclic) bond motifs is 1. The van der Waals surface area contributed by atoms with Gasteiger partial charge in [0.25, 0.3) is 17.5 Å². The second kappa shape index (κ2) is 9.26. The second-order valence-corrected chi connectivity index (χ2v) is 6.80. The van der Waals surface area contributed by atoms with Crippen molar-refractivity contribution in [3.63, 3.8) is 0 Å². The third-order valence-corrected chi connectivity index (χ3v) is 4.63. The third kappa shape index (κ3) is 5.17. The molecule has 0 aliphatic carbocycles. The summed E-state index contributed by atoms with van der Waals surface area (Å²) in [6.07, 6.45) is 1.29. The molecule has 0 saturated heterocycles. The number of carbonyl (C=O) groups excluding carboxylic acids is 3. The Bertz CT molecular complexity index is 1090. The summed E-state index contributed by atoms with van der Waals surface area (Å²) in [5.74, 6) is -1.84. The Morgan fingerprint density at radius 3 is 2.74 bits per heavy atom. The van der Waals surface area contributed by atoms with Gasteiger partial charge in [0.1, 0.15) is 10.8 Å². The Hall–Kier alpha value is -3.92. The molecule has 1 unspecified atom stereocenters. The number of hydrogen-bond acceptors (Lipinski definition) is 7. The highest BCUT2D eigenvalue weighted by Gasteiger charge is 2.32. The summed E-state index contributed by atoms with van der Waals surface area (Å²) in [6.45, 7) is -0.712. The number of halogens is 1. The van der Waals surface area contributed by atoms with Crippen LogP contribution in [0.1, 0.15) is 5.56 Å². The summed E-state index contributed by atoms with van der Waals surface area (Å²) in [6, 6.07) is 10.6. The van der Waals surface area contributed by atoms with Crippen LogP contribution in [-0.2, 0) is 19.1 Å². The smallest absolute Gasteiger partial charge is 0.331 e. The monoisotopic (exact) mass is 445 g/mol. The number of primary amides is 1. The molecule has 0 aromatic heterocycles. The van der Waals surface area contributed by atoms with Crippen LogP contribution in [0, 0.1) is 10.1 Å². The van der Waals surface area contributed by atoms with Crippen molar-refractivity contribution < 1.29 is 28.8 Å². The third-order valence-electron chi connectivity index (χ3n) is 4.31. The van der Waals surface area contributed by atoms with Crippen LogP contribution in [0.4, 0.5) is 11.4 Å². The molecule has 11 heteroatoms. The normalized spacial score (nSPS) is 15.1. The maximum absolute atomic E-state index is 12.6. The van der Waals surface area contributed by atoms with Gasteiger partial charge in [-0.15, -0.1) is 0 Å². The molecule has 3 rings (SSSR count). The van der Waals surface area contributed by atoms with Crippen molar-refractivity contribution in [2.24, 2.45) is 5.73 Å². The van der Waals surface area contributed by atoms with E-state index < -0.39 is 35.4 Å². The highest BCUT2D eigenvalue weighted by molar-refractivity contribution is 6.32. The van der Waals surface area contributed by atoms with Gasteiger partial charge in [-0.05, 0) is 29.8 Å². The van der Waals surface area contributed by atoms with Crippen molar-refractivity contribution in [1.82, 2.24) is 0 Å². The summed E-state index contributed by atoms with van der Waals surface area (Å²) < 4.78 is 10.4. The first kappa shape index (κ1) is 21.8. The Balaban J connectivity index is 1.64. The standard InChI is InChI=1S/C20H16ClN3O7/c21-13-7-5-12(9-15(13)24(28)29)6-8-19(26)30-11-18(25)23-10-17(20(22)27)31-16-4-2-1-3-14(16)23/h1-9,17H,10-11H2,(H2,22,27)/b8-6+. The number of para-hydroxylation sites is 2. The van der Waals surface area contributed by atoms with Gasteiger partial charge < -0.3 is 20.1 Å². The summed E-state index contributed by atoms with van der Waals surface area (Å²) in [7, 11) is 0. The second-order valence-electron chi connectivity index (χ2n) is 6.39. The van der Waals surface area contributed by atoms with Gasteiger partial charge in [-0.1, -0.05) is 29.8 Å². The number of esters is 1. The molecular weight excluding hydrogens is 430 g/mol. The van der Waals surface area contributed by atoms with E-state index in [0.717, 1.165) is 6.08 Å². The van der Waals surface area contributed by atoms with E-state index in [4.69, 9.17) is 26.8 Å². The predicted octanol–water partition coefficient (Wildman–Crippen LogP) is 2.08. The first-order chi connectivity index (χ1) is 14.8. The highest BCUT2D eigenvalue weighted by Crippen LogP contribution is 2.33. The lowest BCUT2D eigenvalue weighted by Gasteiger charge is -2.33. The number of nitro groups is 1. The zero-order valence-corrected chi connectivity index (χ0v) is 16.7. The fourth-order valence-electron chi connectivity index (χ4n) is 2.82. The summed E-state index contributed by atoms with van der Waals surface area (Å²) in [5.41, 5.74) is 5.77. The molecule has 2 aromatic rings.